The molecule has 0 aliphatic heterocycles. The fourth-order valence-corrected chi connectivity index (χ4v) is 3.61. The lowest BCUT2D eigenvalue weighted by atomic mass is 9.84. The molecule has 1 aromatic heterocycles. The zero-order valence-electron chi connectivity index (χ0n) is 16.5. The van der Waals surface area contributed by atoms with Gasteiger partial charge in [0.05, 0.1) is 6.54 Å². The summed E-state index contributed by atoms with van der Waals surface area (Å²) in [5.41, 5.74) is 0.202. The molecule has 0 aliphatic carbocycles. The van der Waals surface area contributed by atoms with Crippen LogP contribution in [0.5, 0.6) is 0 Å². The predicted octanol–water partition coefficient (Wildman–Crippen LogP) is 4.48. The Morgan fingerprint density at radius 2 is 2.04 bits per heavy atom. The molecule has 1 N–H and O–H groups in total. The minimum Gasteiger partial charge on any atom is -0.333 e. The van der Waals surface area contributed by atoms with Crippen molar-refractivity contribution in [3.05, 3.63) is 11.1 Å². The molecule has 1 heterocycles. The van der Waals surface area contributed by atoms with E-state index in [9.17, 15) is 9.59 Å². The zero-order valence-corrected chi connectivity index (χ0v) is 17.3. The van der Waals surface area contributed by atoms with E-state index in [2.05, 4.69) is 44.9 Å². The van der Waals surface area contributed by atoms with Crippen LogP contribution in [0.15, 0.2) is 6.20 Å². The van der Waals surface area contributed by atoms with E-state index in [0.717, 1.165) is 24.1 Å². The Balaban J connectivity index is 2.62. The summed E-state index contributed by atoms with van der Waals surface area (Å²) in [5, 5.41) is 3.38. The van der Waals surface area contributed by atoms with E-state index in [-0.39, 0.29) is 23.8 Å². The standard InChI is InChI=1S/C19H33N3O2S/c1-7-8-9-22(17(24)10-14(2)11-19(4,5)6)13-16(23)21-18-20-12-15(3)25-18/h12,14H,7-11,13H2,1-6H3,(H,20,21,23)/t14-/m0/s1. The zero-order chi connectivity index (χ0) is 19.0. The van der Waals surface area contributed by atoms with Gasteiger partial charge in [-0.05, 0) is 31.1 Å². The number of thiazole rings is 1. The quantitative estimate of drug-likeness (QED) is 0.700. The molecule has 0 saturated heterocycles. The van der Waals surface area contributed by atoms with E-state index in [1.807, 2.05) is 6.92 Å². The third kappa shape index (κ3) is 9.00. The minimum absolute atomic E-state index is 0.0654. The van der Waals surface area contributed by atoms with Crippen molar-refractivity contribution < 1.29 is 9.59 Å². The molecule has 142 valence electrons. The molecule has 5 nitrogen and oxygen atoms in total. The van der Waals surface area contributed by atoms with Crippen molar-refractivity contribution >= 4 is 28.3 Å². The summed E-state index contributed by atoms with van der Waals surface area (Å²) < 4.78 is 0. The second-order valence-electron chi connectivity index (χ2n) is 8.07. The van der Waals surface area contributed by atoms with E-state index in [4.69, 9.17) is 0 Å². The molecule has 0 saturated carbocycles. The fourth-order valence-electron chi connectivity index (χ4n) is 2.93. The van der Waals surface area contributed by atoms with Gasteiger partial charge in [0, 0.05) is 24.0 Å². The van der Waals surface area contributed by atoms with Crippen LogP contribution in [0.25, 0.3) is 0 Å². The normalized spacial score (nSPS) is 12.7. The molecule has 1 atom stereocenters. The van der Waals surface area contributed by atoms with Crippen molar-refractivity contribution in [2.75, 3.05) is 18.4 Å². The van der Waals surface area contributed by atoms with E-state index < -0.39 is 0 Å². The van der Waals surface area contributed by atoms with Crippen LogP contribution in [-0.4, -0.2) is 34.8 Å². The summed E-state index contributed by atoms with van der Waals surface area (Å²) in [6, 6.07) is 0. The van der Waals surface area contributed by atoms with Crippen LogP contribution in [0.4, 0.5) is 5.13 Å². The van der Waals surface area contributed by atoms with Crippen molar-refractivity contribution in [3.63, 3.8) is 0 Å². The Kier molecular flexibility index (Phi) is 8.56. The van der Waals surface area contributed by atoms with Crippen LogP contribution < -0.4 is 5.32 Å². The molecule has 6 heteroatoms. The van der Waals surface area contributed by atoms with E-state index in [0.29, 0.717) is 24.0 Å². The molecule has 0 aromatic carbocycles. The summed E-state index contributed by atoms with van der Waals surface area (Å²) in [7, 11) is 0. The second-order valence-corrected chi connectivity index (χ2v) is 9.30. The topological polar surface area (TPSA) is 62.3 Å². The number of nitrogens with zero attached hydrogens (tertiary/aromatic N) is 2. The summed E-state index contributed by atoms with van der Waals surface area (Å²) in [6.07, 6.45) is 5.11. The van der Waals surface area contributed by atoms with Crippen LogP contribution in [0, 0.1) is 18.3 Å². The second kappa shape index (κ2) is 9.90. The van der Waals surface area contributed by atoms with Crippen molar-refractivity contribution in [1.82, 2.24) is 9.88 Å². The van der Waals surface area contributed by atoms with E-state index >= 15 is 0 Å². The van der Waals surface area contributed by atoms with Crippen molar-refractivity contribution in [2.24, 2.45) is 11.3 Å². The predicted molar refractivity (Wildman–Crippen MR) is 105 cm³/mol. The number of aryl methyl sites for hydroxylation is 1. The van der Waals surface area contributed by atoms with Crippen LogP contribution in [0.3, 0.4) is 0 Å². The maximum absolute atomic E-state index is 12.7. The number of hydrogen-bond acceptors (Lipinski definition) is 4. The Hall–Kier alpha value is -1.43. The van der Waals surface area contributed by atoms with Gasteiger partial charge in [-0.15, -0.1) is 11.3 Å². The minimum atomic E-state index is -0.178. The van der Waals surface area contributed by atoms with Gasteiger partial charge in [-0.3, -0.25) is 9.59 Å². The summed E-state index contributed by atoms with van der Waals surface area (Å²) in [5.74, 6) is 0.194. The average molecular weight is 368 g/mol. The molecule has 1 aromatic rings. The van der Waals surface area contributed by atoms with Gasteiger partial charge in [-0.1, -0.05) is 41.0 Å². The highest BCUT2D eigenvalue weighted by molar-refractivity contribution is 7.15. The third-order valence-corrected chi connectivity index (χ3v) is 4.65. The maximum Gasteiger partial charge on any atom is 0.245 e. The van der Waals surface area contributed by atoms with Crippen molar-refractivity contribution in [2.45, 2.75) is 67.2 Å². The Morgan fingerprint density at radius 1 is 1.36 bits per heavy atom. The lowest BCUT2D eigenvalue weighted by Crippen LogP contribution is -2.39. The first-order chi connectivity index (χ1) is 11.6. The first-order valence-electron chi connectivity index (χ1n) is 9.10. The number of anilines is 1. The lowest BCUT2D eigenvalue weighted by molar-refractivity contribution is -0.135. The Bertz CT molecular complexity index is 563. The Labute approximate surface area is 156 Å². The van der Waals surface area contributed by atoms with Gasteiger partial charge in [0.15, 0.2) is 5.13 Å². The largest absolute Gasteiger partial charge is 0.333 e. The van der Waals surface area contributed by atoms with Gasteiger partial charge in [0.1, 0.15) is 0 Å². The highest BCUT2D eigenvalue weighted by Gasteiger charge is 2.22. The first kappa shape index (κ1) is 21.6. The molecule has 25 heavy (non-hydrogen) atoms. The molecule has 0 fully saturated rings. The Morgan fingerprint density at radius 3 is 2.56 bits per heavy atom. The summed E-state index contributed by atoms with van der Waals surface area (Å²) >= 11 is 1.44. The van der Waals surface area contributed by atoms with Gasteiger partial charge in [-0.2, -0.15) is 0 Å². The summed E-state index contributed by atoms with van der Waals surface area (Å²) in [4.78, 5) is 31.8. The fraction of sp³-hybridized carbons (Fsp3) is 0.737. The van der Waals surface area contributed by atoms with Gasteiger partial charge >= 0.3 is 0 Å². The number of rotatable bonds is 9. The number of unbranched alkanes of at least 4 members (excludes halogenated alkanes) is 1. The molecule has 0 aliphatic rings. The molecule has 0 unspecified atom stereocenters. The molecule has 0 spiro atoms. The van der Waals surface area contributed by atoms with Crippen molar-refractivity contribution in [1.29, 1.82) is 0 Å². The smallest absolute Gasteiger partial charge is 0.245 e. The number of carbonyl (C=O) groups excluding carboxylic acids is 2. The number of carbonyl (C=O) groups is 2. The molecule has 0 radical (unpaired) electrons. The highest BCUT2D eigenvalue weighted by Crippen LogP contribution is 2.26. The molecule has 1 rings (SSSR count). The van der Waals surface area contributed by atoms with Gasteiger partial charge in [0.2, 0.25) is 11.8 Å². The third-order valence-electron chi connectivity index (χ3n) is 3.82. The summed E-state index contributed by atoms with van der Waals surface area (Å²) in [6.45, 7) is 13.4. The first-order valence-corrected chi connectivity index (χ1v) is 9.92. The monoisotopic (exact) mass is 367 g/mol. The average Bonchev–Trinajstić information content (AvgIpc) is 2.86. The lowest BCUT2D eigenvalue weighted by Gasteiger charge is -2.26. The van der Waals surface area contributed by atoms with Crippen molar-refractivity contribution in [3.8, 4) is 0 Å². The molecular weight excluding hydrogens is 334 g/mol. The van der Waals surface area contributed by atoms with Crippen LogP contribution in [0.2, 0.25) is 0 Å². The SMILES string of the molecule is CCCCN(CC(=O)Nc1ncc(C)s1)C(=O)C[C@H](C)CC(C)(C)C. The number of nitrogens with one attached hydrogen (secondary N) is 1. The van der Waals surface area contributed by atoms with Crippen LogP contribution in [-0.2, 0) is 9.59 Å². The van der Waals surface area contributed by atoms with E-state index in [1.165, 1.54) is 11.3 Å². The number of amides is 2. The van der Waals surface area contributed by atoms with Gasteiger partial charge < -0.3 is 10.2 Å². The van der Waals surface area contributed by atoms with Crippen LogP contribution >= 0.6 is 11.3 Å². The molecular formula is C19H33N3O2S. The molecule has 0 bridgehead atoms. The van der Waals surface area contributed by atoms with Gasteiger partial charge in [-0.25, -0.2) is 4.98 Å². The van der Waals surface area contributed by atoms with E-state index in [1.54, 1.807) is 11.1 Å². The molecule has 2 amide bonds. The number of aromatic nitrogens is 1. The van der Waals surface area contributed by atoms with Crippen LogP contribution in [0.1, 0.15) is 65.2 Å². The van der Waals surface area contributed by atoms with Gasteiger partial charge in [0.25, 0.3) is 0 Å². The number of hydrogen-bond donors (Lipinski definition) is 1. The highest BCUT2D eigenvalue weighted by atomic mass is 32.1. The maximum atomic E-state index is 12.7.